The summed E-state index contributed by atoms with van der Waals surface area (Å²) in [6.45, 7) is 4.69. The van der Waals surface area contributed by atoms with Gasteiger partial charge in [0, 0.05) is 18.0 Å². The third-order valence-electron chi connectivity index (χ3n) is 4.68. The van der Waals surface area contributed by atoms with Gasteiger partial charge in [0.25, 0.3) is 5.91 Å². The molecule has 0 atom stereocenters. The van der Waals surface area contributed by atoms with Gasteiger partial charge in [0.1, 0.15) is 5.56 Å². The predicted octanol–water partition coefficient (Wildman–Crippen LogP) is 3.84. The van der Waals surface area contributed by atoms with E-state index in [4.69, 9.17) is 0 Å². The molecule has 140 valence electrons. The van der Waals surface area contributed by atoms with Crippen LogP contribution in [0.5, 0.6) is 0 Å². The lowest BCUT2D eigenvalue weighted by Crippen LogP contribution is -2.23. The molecule has 0 fully saturated rings. The average molecular weight is 371 g/mol. The standard InChI is InChI=1S/C22H21N5O/c1-15(2)16-6-8-17(9-7-16)20-10-12-24-21-19(14-26-27(20)21)22(28)25-13-18-5-3-4-11-23-18/h3-12,14-15H,13H2,1-2H3,(H,25,28). The minimum atomic E-state index is -0.222. The number of pyridine rings is 1. The topological polar surface area (TPSA) is 72.2 Å². The Balaban J connectivity index is 1.62. The van der Waals surface area contributed by atoms with Crippen LogP contribution in [0.4, 0.5) is 0 Å². The lowest BCUT2D eigenvalue weighted by atomic mass is 10.0. The summed E-state index contributed by atoms with van der Waals surface area (Å²) < 4.78 is 1.71. The molecular formula is C22H21N5O. The first-order valence-corrected chi connectivity index (χ1v) is 9.24. The zero-order valence-corrected chi connectivity index (χ0v) is 15.8. The van der Waals surface area contributed by atoms with Gasteiger partial charge in [-0.05, 0) is 29.7 Å². The van der Waals surface area contributed by atoms with Crippen LogP contribution < -0.4 is 5.32 Å². The highest BCUT2D eigenvalue weighted by atomic mass is 16.1. The molecule has 4 aromatic rings. The van der Waals surface area contributed by atoms with Gasteiger partial charge >= 0.3 is 0 Å². The van der Waals surface area contributed by atoms with Crippen molar-refractivity contribution in [2.24, 2.45) is 0 Å². The summed E-state index contributed by atoms with van der Waals surface area (Å²) in [5, 5.41) is 7.28. The number of aromatic nitrogens is 4. The van der Waals surface area contributed by atoms with E-state index in [1.807, 2.05) is 24.3 Å². The number of hydrogen-bond donors (Lipinski definition) is 1. The predicted molar refractivity (Wildman–Crippen MR) is 108 cm³/mol. The molecule has 0 spiro atoms. The summed E-state index contributed by atoms with van der Waals surface area (Å²) in [7, 11) is 0. The Hall–Kier alpha value is -3.54. The zero-order valence-electron chi connectivity index (χ0n) is 15.8. The minimum Gasteiger partial charge on any atom is -0.346 e. The molecule has 1 amide bonds. The normalized spacial score (nSPS) is 11.1. The van der Waals surface area contributed by atoms with Crippen molar-refractivity contribution in [2.75, 3.05) is 0 Å². The van der Waals surface area contributed by atoms with Crippen LogP contribution in [0.2, 0.25) is 0 Å². The summed E-state index contributed by atoms with van der Waals surface area (Å²) in [4.78, 5) is 21.2. The van der Waals surface area contributed by atoms with Crippen molar-refractivity contribution in [3.63, 3.8) is 0 Å². The molecule has 0 aliphatic rings. The Kier molecular flexibility index (Phi) is 4.85. The molecule has 0 saturated heterocycles. The van der Waals surface area contributed by atoms with Crippen molar-refractivity contribution in [3.05, 3.63) is 83.9 Å². The number of nitrogens with one attached hydrogen (secondary N) is 1. The smallest absolute Gasteiger partial charge is 0.257 e. The molecule has 1 N–H and O–H groups in total. The highest BCUT2D eigenvalue weighted by molar-refractivity contribution is 5.99. The van der Waals surface area contributed by atoms with Gasteiger partial charge in [-0.3, -0.25) is 9.78 Å². The Bertz CT molecular complexity index is 1100. The minimum absolute atomic E-state index is 0.222. The van der Waals surface area contributed by atoms with Gasteiger partial charge in [0.05, 0.1) is 24.1 Å². The fraction of sp³-hybridized carbons (Fsp3) is 0.182. The van der Waals surface area contributed by atoms with E-state index in [1.165, 1.54) is 5.56 Å². The second-order valence-electron chi connectivity index (χ2n) is 6.90. The SMILES string of the molecule is CC(C)c1ccc(-c2ccnc3c(C(=O)NCc4ccccn4)cnn23)cc1. The lowest BCUT2D eigenvalue weighted by molar-refractivity contribution is 0.0952. The van der Waals surface area contributed by atoms with Crippen molar-refractivity contribution in [1.82, 2.24) is 24.9 Å². The van der Waals surface area contributed by atoms with E-state index in [0.29, 0.717) is 23.7 Å². The zero-order chi connectivity index (χ0) is 19.5. The molecule has 0 aliphatic carbocycles. The van der Waals surface area contributed by atoms with E-state index in [-0.39, 0.29) is 5.91 Å². The van der Waals surface area contributed by atoms with E-state index in [9.17, 15) is 4.79 Å². The van der Waals surface area contributed by atoms with Crippen molar-refractivity contribution >= 4 is 11.6 Å². The van der Waals surface area contributed by atoms with Crippen LogP contribution in [0.3, 0.4) is 0 Å². The van der Waals surface area contributed by atoms with Gasteiger partial charge < -0.3 is 5.32 Å². The Morgan fingerprint density at radius 2 is 1.86 bits per heavy atom. The molecule has 6 nitrogen and oxygen atoms in total. The number of hydrogen-bond acceptors (Lipinski definition) is 4. The fourth-order valence-corrected chi connectivity index (χ4v) is 3.08. The molecule has 0 radical (unpaired) electrons. The summed E-state index contributed by atoms with van der Waals surface area (Å²) in [6.07, 6.45) is 4.97. The number of rotatable bonds is 5. The summed E-state index contributed by atoms with van der Waals surface area (Å²) >= 11 is 0. The summed E-state index contributed by atoms with van der Waals surface area (Å²) in [5.41, 5.74) is 4.97. The molecule has 0 aliphatic heterocycles. The molecule has 3 aromatic heterocycles. The first-order valence-electron chi connectivity index (χ1n) is 9.24. The number of carbonyl (C=O) groups is 1. The molecule has 6 heteroatoms. The number of nitrogens with zero attached hydrogens (tertiary/aromatic N) is 4. The van der Waals surface area contributed by atoms with Crippen LogP contribution in [-0.2, 0) is 6.54 Å². The van der Waals surface area contributed by atoms with E-state index < -0.39 is 0 Å². The molecular weight excluding hydrogens is 350 g/mol. The van der Waals surface area contributed by atoms with Gasteiger partial charge in [-0.1, -0.05) is 44.2 Å². The summed E-state index contributed by atoms with van der Waals surface area (Å²) in [6, 6.07) is 15.9. The van der Waals surface area contributed by atoms with Crippen LogP contribution >= 0.6 is 0 Å². The Morgan fingerprint density at radius 1 is 1.04 bits per heavy atom. The van der Waals surface area contributed by atoms with E-state index in [0.717, 1.165) is 17.0 Å². The van der Waals surface area contributed by atoms with Crippen LogP contribution in [0, 0.1) is 0 Å². The number of carbonyl (C=O) groups excluding carboxylic acids is 1. The van der Waals surface area contributed by atoms with E-state index >= 15 is 0 Å². The van der Waals surface area contributed by atoms with Crippen LogP contribution in [0.15, 0.2) is 67.1 Å². The third kappa shape index (κ3) is 3.49. The number of amides is 1. The summed E-state index contributed by atoms with van der Waals surface area (Å²) in [5.74, 6) is 0.256. The second kappa shape index (κ2) is 7.60. The maximum atomic E-state index is 12.6. The van der Waals surface area contributed by atoms with Crippen LogP contribution in [0.1, 0.15) is 41.4 Å². The average Bonchev–Trinajstić information content (AvgIpc) is 3.17. The first-order chi connectivity index (χ1) is 13.6. The van der Waals surface area contributed by atoms with Gasteiger partial charge in [-0.15, -0.1) is 0 Å². The van der Waals surface area contributed by atoms with Gasteiger partial charge in [-0.25, -0.2) is 9.50 Å². The maximum absolute atomic E-state index is 12.6. The maximum Gasteiger partial charge on any atom is 0.257 e. The molecule has 0 unspecified atom stereocenters. The third-order valence-corrected chi connectivity index (χ3v) is 4.68. The fourth-order valence-electron chi connectivity index (χ4n) is 3.08. The molecule has 1 aromatic carbocycles. The largest absolute Gasteiger partial charge is 0.346 e. The van der Waals surface area contributed by atoms with Crippen molar-refractivity contribution in [2.45, 2.75) is 26.3 Å². The monoisotopic (exact) mass is 371 g/mol. The molecule has 28 heavy (non-hydrogen) atoms. The second-order valence-corrected chi connectivity index (χ2v) is 6.90. The number of benzene rings is 1. The highest BCUT2D eigenvalue weighted by Gasteiger charge is 2.16. The first kappa shape index (κ1) is 17.9. The molecule has 3 heterocycles. The van der Waals surface area contributed by atoms with Gasteiger partial charge in [-0.2, -0.15) is 5.10 Å². The van der Waals surface area contributed by atoms with Crippen LogP contribution in [-0.4, -0.2) is 25.5 Å². The van der Waals surface area contributed by atoms with Crippen molar-refractivity contribution < 1.29 is 4.79 Å². The molecule has 4 rings (SSSR count). The molecule has 0 bridgehead atoms. The lowest BCUT2D eigenvalue weighted by Gasteiger charge is -2.08. The van der Waals surface area contributed by atoms with Crippen molar-refractivity contribution in [3.8, 4) is 11.3 Å². The Morgan fingerprint density at radius 3 is 2.57 bits per heavy atom. The quantitative estimate of drug-likeness (QED) is 0.578. The highest BCUT2D eigenvalue weighted by Crippen LogP contribution is 2.23. The Labute approximate surface area is 163 Å². The van der Waals surface area contributed by atoms with E-state index in [1.54, 1.807) is 23.1 Å². The van der Waals surface area contributed by atoms with Gasteiger partial charge in [0.15, 0.2) is 5.65 Å². The van der Waals surface area contributed by atoms with Crippen molar-refractivity contribution in [1.29, 1.82) is 0 Å². The van der Waals surface area contributed by atoms with E-state index in [2.05, 4.69) is 58.5 Å². The number of fused-ring (bicyclic) bond motifs is 1. The molecule has 0 saturated carbocycles. The van der Waals surface area contributed by atoms with Crippen LogP contribution in [0.25, 0.3) is 16.9 Å². The van der Waals surface area contributed by atoms with Gasteiger partial charge in [0.2, 0.25) is 0 Å².